The number of nitrogens with zero attached hydrogens (tertiary/aromatic N) is 2. The van der Waals surface area contributed by atoms with Gasteiger partial charge in [-0.2, -0.15) is 0 Å². The summed E-state index contributed by atoms with van der Waals surface area (Å²) >= 11 is 0. The zero-order chi connectivity index (χ0) is 17.8. The Balaban J connectivity index is 1.67. The molecule has 0 N–H and O–H groups in total. The molecule has 1 saturated carbocycles. The van der Waals surface area contributed by atoms with Gasteiger partial charge in [0.2, 0.25) is 0 Å². The van der Waals surface area contributed by atoms with Crippen LogP contribution in [0.1, 0.15) is 18.4 Å². The van der Waals surface area contributed by atoms with E-state index in [2.05, 4.69) is 0 Å². The first-order valence-electron chi connectivity index (χ1n) is 7.95. The molecule has 0 radical (unpaired) electrons. The van der Waals surface area contributed by atoms with Gasteiger partial charge in [0.15, 0.2) is 12.4 Å². The number of amides is 1. The third kappa shape index (κ3) is 4.32. The van der Waals surface area contributed by atoms with Crippen LogP contribution >= 0.6 is 0 Å². The Hall–Kier alpha value is -2.96. The van der Waals surface area contributed by atoms with Crippen molar-refractivity contribution in [3.63, 3.8) is 0 Å². The molecule has 2 aromatic rings. The quantitative estimate of drug-likeness (QED) is 0.571. The topological polar surface area (TPSA) is 72.7 Å². The van der Waals surface area contributed by atoms with Gasteiger partial charge in [0.05, 0.1) is 4.92 Å². The molecule has 0 atom stereocenters. The van der Waals surface area contributed by atoms with Gasteiger partial charge in [0, 0.05) is 18.7 Å². The summed E-state index contributed by atoms with van der Waals surface area (Å²) in [5.74, 6) is -0.566. The van der Waals surface area contributed by atoms with Crippen molar-refractivity contribution in [2.75, 3.05) is 6.61 Å². The van der Waals surface area contributed by atoms with Crippen molar-refractivity contribution < 1.29 is 18.8 Å². The Morgan fingerprint density at radius 2 is 2.00 bits per heavy atom. The number of hydrogen-bond donors (Lipinski definition) is 0. The van der Waals surface area contributed by atoms with Gasteiger partial charge >= 0.3 is 5.69 Å². The van der Waals surface area contributed by atoms with Crippen LogP contribution in [-0.2, 0) is 11.3 Å². The fourth-order valence-electron chi connectivity index (χ4n) is 2.59. The third-order valence-electron chi connectivity index (χ3n) is 3.96. The molecule has 6 nitrogen and oxygen atoms in total. The summed E-state index contributed by atoms with van der Waals surface area (Å²) in [7, 11) is 0. The summed E-state index contributed by atoms with van der Waals surface area (Å²) in [6, 6.07) is 12.1. The molecule has 0 unspecified atom stereocenters. The molecule has 1 aliphatic rings. The highest BCUT2D eigenvalue weighted by molar-refractivity contribution is 5.78. The Labute approximate surface area is 144 Å². The highest BCUT2D eigenvalue weighted by Gasteiger charge is 2.33. The molecule has 3 rings (SSSR count). The summed E-state index contributed by atoms with van der Waals surface area (Å²) in [4.78, 5) is 24.6. The average molecular weight is 344 g/mol. The monoisotopic (exact) mass is 344 g/mol. The van der Waals surface area contributed by atoms with E-state index in [-0.39, 0.29) is 35.8 Å². The molecule has 0 bridgehead atoms. The highest BCUT2D eigenvalue weighted by Crippen LogP contribution is 2.30. The van der Waals surface area contributed by atoms with Gasteiger partial charge in [-0.15, -0.1) is 0 Å². The fraction of sp³-hybridized carbons (Fsp3) is 0.278. The highest BCUT2D eigenvalue weighted by atomic mass is 19.1. The summed E-state index contributed by atoms with van der Waals surface area (Å²) in [6.07, 6.45) is 1.79. The van der Waals surface area contributed by atoms with Crippen LogP contribution in [0.4, 0.5) is 10.1 Å². The van der Waals surface area contributed by atoms with E-state index >= 15 is 0 Å². The number of carbonyl (C=O) groups is 1. The standard InChI is InChI=1S/C18H17FN2O4/c19-14-5-3-4-13(10-14)11-20(15-8-9-15)18(22)12-25-17-7-2-1-6-16(17)21(23)24/h1-7,10,15H,8-9,11-12H2. The zero-order valence-corrected chi connectivity index (χ0v) is 13.4. The second kappa shape index (κ2) is 7.29. The summed E-state index contributed by atoms with van der Waals surface area (Å²) in [6.45, 7) is -0.00181. The largest absolute Gasteiger partial charge is 0.477 e. The smallest absolute Gasteiger partial charge is 0.310 e. The van der Waals surface area contributed by atoms with Crippen molar-refractivity contribution in [1.29, 1.82) is 0 Å². The molecule has 0 aliphatic heterocycles. The number of nitro groups is 1. The SMILES string of the molecule is O=C(COc1ccccc1[N+](=O)[O-])N(Cc1cccc(F)c1)C1CC1. The number of benzene rings is 2. The minimum Gasteiger partial charge on any atom is -0.477 e. The molecule has 130 valence electrons. The molecule has 0 heterocycles. The summed E-state index contributed by atoms with van der Waals surface area (Å²) in [5, 5.41) is 11.0. The van der Waals surface area contributed by atoms with E-state index in [9.17, 15) is 19.3 Å². The van der Waals surface area contributed by atoms with Gasteiger partial charge in [-0.3, -0.25) is 14.9 Å². The molecule has 0 saturated heterocycles. The van der Waals surface area contributed by atoms with Crippen LogP contribution in [-0.4, -0.2) is 28.4 Å². The van der Waals surface area contributed by atoms with Crippen molar-refractivity contribution in [3.8, 4) is 5.75 Å². The molecular formula is C18H17FN2O4. The fourth-order valence-corrected chi connectivity index (χ4v) is 2.59. The maximum absolute atomic E-state index is 13.3. The van der Waals surface area contributed by atoms with Gasteiger partial charge in [-0.1, -0.05) is 24.3 Å². The Morgan fingerprint density at radius 1 is 1.24 bits per heavy atom. The van der Waals surface area contributed by atoms with Crippen molar-refractivity contribution in [2.24, 2.45) is 0 Å². The average Bonchev–Trinajstić information content (AvgIpc) is 3.42. The Kier molecular flexibility index (Phi) is 4.92. The number of carbonyl (C=O) groups excluding carboxylic acids is 1. The van der Waals surface area contributed by atoms with Crippen LogP contribution in [0.25, 0.3) is 0 Å². The molecule has 1 amide bonds. The van der Waals surface area contributed by atoms with Gasteiger partial charge in [-0.05, 0) is 36.6 Å². The first kappa shape index (κ1) is 16.9. The van der Waals surface area contributed by atoms with E-state index in [1.165, 1.54) is 30.3 Å². The molecule has 0 spiro atoms. The second-order valence-corrected chi connectivity index (χ2v) is 5.90. The number of rotatable bonds is 7. The van der Waals surface area contributed by atoms with Crippen molar-refractivity contribution >= 4 is 11.6 Å². The van der Waals surface area contributed by atoms with E-state index in [1.54, 1.807) is 23.1 Å². The van der Waals surface area contributed by atoms with Crippen LogP contribution in [0, 0.1) is 15.9 Å². The van der Waals surface area contributed by atoms with Crippen molar-refractivity contribution in [1.82, 2.24) is 4.90 Å². The van der Waals surface area contributed by atoms with Crippen LogP contribution in [0.15, 0.2) is 48.5 Å². The lowest BCUT2D eigenvalue weighted by atomic mass is 10.2. The lowest BCUT2D eigenvalue weighted by Gasteiger charge is -2.22. The number of halogens is 1. The van der Waals surface area contributed by atoms with Crippen LogP contribution in [0.5, 0.6) is 5.75 Å². The lowest BCUT2D eigenvalue weighted by molar-refractivity contribution is -0.385. The Bertz CT molecular complexity index is 792. The lowest BCUT2D eigenvalue weighted by Crippen LogP contribution is -2.36. The summed E-state index contributed by atoms with van der Waals surface area (Å²) in [5.41, 5.74) is 0.518. The molecule has 1 fully saturated rings. The van der Waals surface area contributed by atoms with E-state index < -0.39 is 4.92 Å². The van der Waals surface area contributed by atoms with Gasteiger partial charge < -0.3 is 9.64 Å². The first-order chi connectivity index (χ1) is 12.0. The number of para-hydroxylation sites is 2. The van der Waals surface area contributed by atoms with Crippen LogP contribution in [0.3, 0.4) is 0 Å². The number of hydrogen-bond acceptors (Lipinski definition) is 4. The minimum atomic E-state index is -0.550. The third-order valence-corrected chi connectivity index (χ3v) is 3.96. The van der Waals surface area contributed by atoms with Crippen LogP contribution < -0.4 is 4.74 Å². The number of nitro benzene ring substituents is 1. The van der Waals surface area contributed by atoms with Crippen LogP contribution in [0.2, 0.25) is 0 Å². The van der Waals surface area contributed by atoms with E-state index in [1.807, 2.05) is 0 Å². The van der Waals surface area contributed by atoms with Crippen molar-refractivity contribution in [2.45, 2.75) is 25.4 Å². The number of ether oxygens (including phenoxy) is 1. The molecule has 0 aromatic heterocycles. The van der Waals surface area contributed by atoms with E-state index in [0.717, 1.165) is 12.8 Å². The molecular weight excluding hydrogens is 327 g/mol. The van der Waals surface area contributed by atoms with E-state index in [4.69, 9.17) is 4.74 Å². The second-order valence-electron chi connectivity index (χ2n) is 5.90. The van der Waals surface area contributed by atoms with E-state index in [0.29, 0.717) is 12.1 Å². The maximum atomic E-state index is 13.3. The summed E-state index contributed by atoms with van der Waals surface area (Å²) < 4.78 is 18.7. The van der Waals surface area contributed by atoms with Gasteiger partial charge in [-0.25, -0.2) is 4.39 Å². The Morgan fingerprint density at radius 3 is 2.68 bits per heavy atom. The predicted molar refractivity (Wildman–Crippen MR) is 88.6 cm³/mol. The first-order valence-corrected chi connectivity index (χ1v) is 7.95. The van der Waals surface area contributed by atoms with Crippen molar-refractivity contribution in [3.05, 3.63) is 70.0 Å². The molecule has 2 aromatic carbocycles. The molecule has 1 aliphatic carbocycles. The van der Waals surface area contributed by atoms with Gasteiger partial charge in [0.25, 0.3) is 5.91 Å². The van der Waals surface area contributed by atoms with Gasteiger partial charge in [0.1, 0.15) is 5.82 Å². The molecule has 25 heavy (non-hydrogen) atoms. The predicted octanol–water partition coefficient (Wildman–Crippen LogP) is 3.30. The maximum Gasteiger partial charge on any atom is 0.310 e. The normalized spacial score (nSPS) is 13.3. The molecule has 7 heteroatoms. The zero-order valence-electron chi connectivity index (χ0n) is 13.4. The minimum absolute atomic E-state index is 0.0577.